The first-order chi connectivity index (χ1) is 5.79. The Morgan fingerprint density at radius 2 is 1.92 bits per heavy atom. The lowest BCUT2D eigenvalue weighted by molar-refractivity contribution is 0.0920. The first-order valence-corrected chi connectivity index (χ1v) is 3.30. The number of benzene rings is 1. The van der Waals surface area contributed by atoms with Crippen molar-refractivity contribution >= 4 is 11.8 Å². The van der Waals surface area contributed by atoms with Gasteiger partial charge < -0.3 is 0 Å². The molecule has 12 heavy (non-hydrogen) atoms. The molecule has 0 aliphatic carbocycles. The van der Waals surface area contributed by atoms with Crippen molar-refractivity contribution in [3.05, 3.63) is 35.4 Å². The molecule has 2 rings (SSSR count). The van der Waals surface area contributed by atoms with E-state index in [0.717, 1.165) is 0 Å². The summed E-state index contributed by atoms with van der Waals surface area (Å²) in [6, 6.07) is 7.37. The Balaban J connectivity index is 2.69. The number of hydrogen-bond acceptors (Lipinski definition) is 2. The monoisotopic (exact) mass is 159 g/mol. The minimum absolute atomic E-state index is 0.206. The third-order valence-corrected chi connectivity index (χ3v) is 1.53. The molecule has 1 aromatic rings. The van der Waals surface area contributed by atoms with Crippen molar-refractivity contribution in [2.24, 2.45) is 10.2 Å². The molecule has 0 unspecified atom stereocenters. The minimum atomic E-state index is -0.509. The maximum atomic E-state index is 11.0. The fourth-order valence-corrected chi connectivity index (χ4v) is 0.987. The van der Waals surface area contributed by atoms with Crippen LogP contribution in [0.1, 0.15) is 20.7 Å². The number of nitrogens with zero attached hydrogens (tertiary/aromatic N) is 2. The van der Waals surface area contributed by atoms with E-state index in [1.165, 1.54) is 6.07 Å². The highest BCUT2D eigenvalue weighted by molar-refractivity contribution is 6.10. The summed E-state index contributed by atoms with van der Waals surface area (Å²) >= 11 is 0. The molecule has 1 radical (unpaired) electrons. The average Bonchev–Trinajstić information content (AvgIpc) is 2.12. The maximum absolute atomic E-state index is 11.0. The van der Waals surface area contributed by atoms with E-state index in [-0.39, 0.29) is 11.1 Å². The molecule has 0 saturated heterocycles. The van der Waals surface area contributed by atoms with Gasteiger partial charge in [0.25, 0.3) is 11.8 Å². The molecule has 4 heteroatoms. The number of rotatable bonds is 0. The highest BCUT2D eigenvalue weighted by Gasteiger charge is 2.20. The van der Waals surface area contributed by atoms with Gasteiger partial charge in [-0.3, -0.25) is 9.59 Å². The second-order valence-electron chi connectivity index (χ2n) is 2.27. The van der Waals surface area contributed by atoms with Crippen molar-refractivity contribution in [2.45, 2.75) is 0 Å². The SMILES string of the molecule is O=C1N=NC(=O)c2ccc[c]c21. The van der Waals surface area contributed by atoms with Crippen molar-refractivity contribution in [3.8, 4) is 0 Å². The molecule has 1 aromatic carbocycles. The summed E-state index contributed by atoms with van der Waals surface area (Å²) in [5.74, 6) is -0.994. The van der Waals surface area contributed by atoms with Crippen LogP contribution >= 0.6 is 0 Å². The average molecular weight is 159 g/mol. The van der Waals surface area contributed by atoms with E-state index in [1.54, 1.807) is 12.1 Å². The van der Waals surface area contributed by atoms with Crippen LogP contribution in [0.5, 0.6) is 0 Å². The minimum Gasteiger partial charge on any atom is -0.265 e. The third kappa shape index (κ3) is 0.852. The van der Waals surface area contributed by atoms with Gasteiger partial charge in [0, 0.05) is 0 Å². The fraction of sp³-hybridized carbons (Fsp3) is 0. The standard InChI is InChI=1S/C8H3N2O2/c11-7-5-3-1-2-4-6(5)8(12)10-9-7/h1-3H. The number of fused-ring (bicyclic) bond motifs is 1. The zero-order valence-corrected chi connectivity index (χ0v) is 5.94. The molecule has 0 fully saturated rings. The van der Waals surface area contributed by atoms with Crippen LogP contribution in [0.15, 0.2) is 28.4 Å². The fourth-order valence-electron chi connectivity index (χ4n) is 0.987. The van der Waals surface area contributed by atoms with Crippen molar-refractivity contribution in [1.82, 2.24) is 0 Å². The summed E-state index contributed by atoms with van der Waals surface area (Å²) in [4.78, 5) is 22.0. The van der Waals surface area contributed by atoms with Crippen molar-refractivity contribution in [3.63, 3.8) is 0 Å². The van der Waals surface area contributed by atoms with Crippen LogP contribution < -0.4 is 0 Å². The van der Waals surface area contributed by atoms with Crippen LogP contribution in [0.25, 0.3) is 0 Å². The first kappa shape index (κ1) is 6.84. The molecule has 0 N–H and O–H groups in total. The van der Waals surface area contributed by atoms with E-state index in [4.69, 9.17) is 0 Å². The van der Waals surface area contributed by atoms with E-state index < -0.39 is 11.8 Å². The van der Waals surface area contributed by atoms with Gasteiger partial charge in [-0.05, 0) is 12.1 Å². The lowest BCUT2D eigenvalue weighted by atomic mass is 10.1. The van der Waals surface area contributed by atoms with E-state index in [2.05, 4.69) is 16.3 Å². The zero-order valence-electron chi connectivity index (χ0n) is 5.94. The van der Waals surface area contributed by atoms with E-state index >= 15 is 0 Å². The van der Waals surface area contributed by atoms with E-state index in [9.17, 15) is 9.59 Å². The van der Waals surface area contributed by atoms with Crippen LogP contribution in [0.3, 0.4) is 0 Å². The molecule has 4 nitrogen and oxygen atoms in total. The van der Waals surface area contributed by atoms with E-state index in [1.807, 2.05) is 0 Å². The Bertz CT molecular complexity index is 359. The summed E-state index contributed by atoms with van der Waals surface area (Å²) in [5.41, 5.74) is 0.481. The van der Waals surface area contributed by atoms with Gasteiger partial charge in [0.1, 0.15) is 0 Å². The van der Waals surface area contributed by atoms with Crippen molar-refractivity contribution in [2.75, 3.05) is 0 Å². The Morgan fingerprint density at radius 1 is 1.17 bits per heavy atom. The van der Waals surface area contributed by atoms with Gasteiger partial charge in [-0.15, -0.1) is 10.2 Å². The quantitative estimate of drug-likeness (QED) is 0.571. The maximum Gasteiger partial charge on any atom is 0.296 e. The molecule has 0 saturated carbocycles. The van der Waals surface area contributed by atoms with Gasteiger partial charge in [0.15, 0.2) is 0 Å². The van der Waals surface area contributed by atoms with E-state index in [0.29, 0.717) is 0 Å². The molecule has 1 aliphatic rings. The Morgan fingerprint density at radius 3 is 2.67 bits per heavy atom. The van der Waals surface area contributed by atoms with Crippen molar-refractivity contribution < 1.29 is 9.59 Å². The normalized spacial score (nSPS) is 14.7. The Labute approximate surface area is 67.9 Å². The highest BCUT2D eigenvalue weighted by Crippen LogP contribution is 2.15. The Kier molecular flexibility index (Phi) is 1.33. The number of hydrogen-bond donors (Lipinski definition) is 0. The molecule has 0 spiro atoms. The Hall–Kier alpha value is -1.84. The van der Waals surface area contributed by atoms with Gasteiger partial charge in [-0.25, -0.2) is 0 Å². The van der Waals surface area contributed by atoms with Crippen LogP contribution in [-0.2, 0) is 0 Å². The van der Waals surface area contributed by atoms with Crippen LogP contribution in [0.4, 0.5) is 0 Å². The van der Waals surface area contributed by atoms with Crippen LogP contribution in [0, 0.1) is 6.07 Å². The number of carbonyl (C=O) groups is 2. The molecule has 1 aliphatic heterocycles. The third-order valence-electron chi connectivity index (χ3n) is 1.53. The smallest absolute Gasteiger partial charge is 0.265 e. The summed E-state index contributed by atoms with van der Waals surface area (Å²) in [7, 11) is 0. The number of amides is 2. The lowest BCUT2D eigenvalue weighted by Crippen LogP contribution is -2.10. The summed E-state index contributed by atoms with van der Waals surface area (Å²) in [6.07, 6.45) is 0. The summed E-state index contributed by atoms with van der Waals surface area (Å²) in [6.45, 7) is 0. The molecular formula is C8H3N2O2. The highest BCUT2D eigenvalue weighted by atomic mass is 16.2. The first-order valence-electron chi connectivity index (χ1n) is 3.30. The molecule has 1 heterocycles. The zero-order chi connectivity index (χ0) is 8.55. The van der Waals surface area contributed by atoms with Crippen LogP contribution in [0.2, 0.25) is 0 Å². The van der Waals surface area contributed by atoms with Crippen LogP contribution in [-0.4, -0.2) is 11.8 Å². The van der Waals surface area contributed by atoms with Gasteiger partial charge in [-0.2, -0.15) is 0 Å². The largest absolute Gasteiger partial charge is 0.296 e. The van der Waals surface area contributed by atoms with Gasteiger partial charge in [0.05, 0.1) is 11.1 Å². The second-order valence-corrected chi connectivity index (χ2v) is 2.27. The van der Waals surface area contributed by atoms with Crippen molar-refractivity contribution in [1.29, 1.82) is 0 Å². The molecule has 57 valence electrons. The molecular weight excluding hydrogens is 156 g/mol. The van der Waals surface area contributed by atoms with Gasteiger partial charge >= 0.3 is 0 Å². The predicted octanol–water partition coefficient (Wildman–Crippen LogP) is 1.23. The molecule has 0 aromatic heterocycles. The summed E-state index contributed by atoms with van der Waals surface area (Å²) in [5, 5.41) is 6.33. The second kappa shape index (κ2) is 2.34. The molecule has 0 atom stereocenters. The topological polar surface area (TPSA) is 58.9 Å². The predicted molar refractivity (Wildman–Crippen MR) is 38.8 cm³/mol. The lowest BCUT2D eigenvalue weighted by Gasteiger charge is -2.03. The number of carbonyl (C=O) groups excluding carboxylic acids is 2. The van der Waals surface area contributed by atoms with Gasteiger partial charge in [0.2, 0.25) is 0 Å². The number of azo groups is 1. The molecule has 2 amide bonds. The summed E-state index contributed by atoms with van der Waals surface area (Å²) < 4.78 is 0. The van der Waals surface area contributed by atoms with Gasteiger partial charge in [-0.1, -0.05) is 12.1 Å². The molecule has 0 bridgehead atoms.